The fourth-order valence-corrected chi connectivity index (χ4v) is 2.78. The molecule has 11 heteroatoms. The lowest BCUT2D eigenvalue weighted by Gasteiger charge is -2.21. The number of aliphatic hydroxyl groups excluding tert-OH is 1. The van der Waals surface area contributed by atoms with E-state index in [1.165, 1.54) is 12.3 Å². The van der Waals surface area contributed by atoms with E-state index >= 15 is 0 Å². The second-order valence-electron chi connectivity index (χ2n) is 7.39. The minimum atomic E-state index is -3.61. The van der Waals surface area contributed by atoms with Crippen LogP contribution in [0.15, 0.2) is 17.1 Å². The second kappa shape index (κ2) is 9.70. The van der Waals surface area contributed by atoms with E-state index in [9.17, 15) is 18.7 Å². The molecule has 0 unspecified atom stereocenters. The van der Waals surface area contributed by atoms with Crippen molar-refractivity contribution in [3.63, 3.8) is 0 Å². The van der Waals surface area contributed by atoms with Gasteiger partial charge in [0.1, 0.15) is 18.0 Å². The summed E-state index contributed by atoms with van der Waals surface area (Å²) in [6.07, 6.45) is -3.85. The number of alkyl halides is 2. The van der Waals surface area contributed by atoms with E-state index in [1.54, 1.807) is 0 Å². The molecule has 0 amide bonds. The Labute approximate surface area is 163 Å². The Morgan fingerprint density at radius 2 is 1.89 bits per heavy atom. The molecule has 9 nitrogen and oxygen atoms in total. The molecule has 1 aromatic rings. The largest absolute Gasteiger partial charge is 0.384 e. The highest BCUT2D eigenvalue weighted by atomic mass is 19.3. The minimum absolute atomic E-state index is 0.0491. The second-order valence-corrected chi connectivity index (χ2v) is 7.39. The van der Waals surface area contributed by atoms with Crippen molar-refractivity contribution in [2.75, 3.05) is 66.2 Å². The quantitative estimate of drug-likeness (QED) is 0.439. The summed E-state index contributed by atoms with van der Waals surface area (Å²) in [6.45, 7) is 2.61. The van der Waals surface area contributed by atoms with Crippen molar-refractivity contribution < 1.29 is 18.6 Å². The zero-order valence-electron chi connectivity index (χ0n) is 16.7. The van der Waals surface area contributed by atoms with Gasteiger partial charge in [0.15, 0.2) is 0 Å². The van der Waals surface area contributed by atoms with Gasteiger partial charge in [0.05, 0.1) is 0 Å². The van der Waals surface area contributed by atoms with Crippen LogP contribution in [0.5, 0.6) is 0 Å². The first-order valence-electron chi connectivity index (χ1n) is 9.17. The number of halogens is 2. The number of ether oxygens (including phenoxy) is 1. The molecule has 1 saturated heterocycles. The molecule has 1 fully saturated rings. The van der Waals surface area contributed by atoms with Gasteiger partial charge in [-0.15, -0.1) is 0 Å². The van der Waals surface area contributed by atoms with Gasteiger partial charge < -0.3 is 30.3 Å². The van der Waals surface area contributed by atoms with Crippen molar-refractivity contribution in [1.29, 1.82) is 0 Å². The standard InChI is InChI=1S/C17H30F2N6O3/c1-23(2)9-6-20-11-12-14(26)17(18,19)15(28-12)25-8-5-13(22-16(25)27)21-7-10-24(3)4/h5,8,12,14-15,20,26H,6-7,9-11H2,1-4H3,(H,21,22,27)/t12-,14-,15-/m1/s1. The predicted octanol–water partition coefficient (Wildman–Crippen LogP) is -0.738. The molecule has 1 aliphatic heterocycles. The summed E-state index contributed by atoms with van der Waals surface area (Å²) in [6, 6.07) is 1.44. The van der Waals surface area contributed by atoms with Crippen molar-refractivity contribution in [3.8, 4) is 0 Å². The summed E-state index contributed by atoms with van der Waals surface area (Å²) < 4.78 is 35.1. The molecule has 0 bridgehead atoms. The smallest absolute Gasteiger partial charge is 0.351 e. The Bertz CT molecular complexity index is 685. The van der Waals surface area contributed by atoms with E-state index in [2.05, 4.69) is 15.6 Å². The van der Waals surface area contributed by atoms with Gasteiger partial charge in [0.2, 0.25) is 6.23 Å². The highest BCUT2D eigenvalue weighted by Gasteiger charge is 2.59. The summed E-state index contributed by atoms with van der Waals surface area (Å²) in [5, 5.41) is 15.9. The zero-order valence-corrected chi connectivity index (χ0v) is 16.7. The van der Waals surface area contributed by atoms with Gasteiger partial charge in [-0.05, 0) is 34.3 Å². The number of rotatable bonds is 10. The first kappa shape index (κ1) is 22.6. The summed E-state index contributed by atoms with van der Waals surface area (Å²) >= 11 is 0. The van der Waals surface area contributed by atoms with Crippen LogP contribution in [0.4, 0.5) is 14.6 Å². The third-order valence-electron chi connectivity index (χ3n) is 4.41. The van der Waals surface area contributed by atoms with Gasteiger partial charge in [-0.2, -0.15) is 13.8 Å². The highest BCUT2D eigenvalue weighted by Crippen LogP contribution is 2.41. The summed E-state index contributed by atoms with van der Waals surface area (Å²) in [5.74, 6) is -3.31. The van der Waals surface area contributed by atoms with Crippen LogP contribution in [0.2, 0.25) is 0 Å². The van der Waals surface area contributed by atoms with Crippen molar-refractivity contribution in [2.24, 2.45) is 0 Å². The Morgan fingerprint density at radius 3 is 2.50 bits per heavy atom. The molecule has 0 radical (unpaired) electrons. The Kier molecular flexibility index (Phi) is 7.84. The van der Waals surface area contributed by atoms with Gasteiger partial charge in [-0.3, -0.25) is 4.57 Å². The van der Waals surface area contributed by atoms with E-state index in [-0.39, 0.29) is 6.54 Å². The molecule has 1 aromatic heterocycles. The number of nitrogens with one attached hydrogen (secondary N) is 2. The third kappa shape index (κ3) is 5.67. The number of aliphatic hydroxyl groups is 1. The maximum Gasteiger partial charge on any atom is 0.351 e. The van der Waals surface area contributed by atoms with Crippen LogP contribution in [0.1, 0.15) is 6.23 Å². The Balaban J connectivity index is 2.04. The maximum absolute atomic E-state index is 14.5. The molecule has 0 aliphatic carbocycles. The number of hydrogen-bond acceptors (Lipinski definition) is 8. The van der Waals surface area contributed by atoms with Crippen LogP contribution in [0.3, 0.4) is 0 Å². The molecular formula is C17H30F2N6O3. The van der Waals surface area contributed by atoms with Crippen LogP contribution in [-0.4, -0.2) is 104 Å². The lowest BCUT2D eigenvalue weighted by atomic mass is 10.1. The van der Waals surface area contributed by atoms with E-state index in [0.717, 1.165) is 11.1 Å². The lowest BCUT2D eigenvalue weighted by Crippen LogP contribution is -2.43. The summed E-state index contributed by atoms with van der Waals surface area (Å²) in [5.41, 5.74) is -0.868. The van der Waals surface area contributed by atoms with E-state index in [1.807, 2.05) is 38.0 Å². The van der Waals surface area contributed by atoms with E-state index in [4.69, 9.17) is 4.74 Å². The minimum Gasteiger partial charge on any atom is -0.384 e. The van der Waals surface area contributed by atoms with Crippen molar-refractivity contribution in [2.45, 2.75) is 24.4 Å². The number of likely N-dealkylation sites (N-methyl/N-ethyl adjacent to an activating group) is 2. The van der Waals surface area contributed by atoms with Gasteiger partial charge in [0.25, 0.3) is 0 Å². The third-order valence-corrected chi connectivity index (χ3v) is 4.41. The average molecular weight is 404 g/mol. The van der Waals surface area contributed by atoms with Gasteiger partial charge in [0, 0.05) is 38.9 Å². The molecule has 1 aliphatic rings. The molecule has 0 spiro atoms. The summed E-state index contributed by atoms with van der Waals surface area (Å²) in [4.78, 5) is 19.9. The molecule has 0 aromatic carbocycles. The SMILES string of the molecule is CN(C)CCNC[C@H]1O[C@@H](n2ccc(NCCN(C)C)nc2=O)C(F)(F)[C@@H]1O. The predicted molar refractivity (Wildman–Crippen MR) is 102 cm³/mol. The Hall–Kier alpha value is -1.66. The highest BCUT2D eigenvalue weighted by molar-refractivity contribution is 5.31. The van der Waals surface area contributed by atoms with Crippen molar-refractivity contribution in [3.05, 3.63) is 22.7 Å². The van der Waals surface area contributed by atoms with Crippen LogP contribution < -0.4 is 16.3 Å². The average Bonchev–Trinajstić information content (AvgIpc) is 2.82. The summed E-state index contributed by atoms with van der Waals surface area (Å²) in [7, 11) is 7.60. The van der Waals surface area contributed by atoms with E-state index in [0.29, 0.717) is 25.5 Å². The maximum atomic E-state index is 14.5. The lowest BCUT2D eigenvalue weighted by molar-refractivity contribution is -0.140. The Morgan fingerprint density at radius 1 is 1.25 bits per heavy atom. The fraction of sp³-hybridized carbons (Fsp3) is 0.765. The van der Waals surface area contributed by atoms with Crippen LogP contribution in [0.25, 0.3) is 0 Å². The molecule has 3 atom stereocenters. The number of hydrogen-bond donors (Lipinski definition) is 3. The number of anilines is 1. The molecule has 0 saturated carbocycles. The first-order chi connectivity index (χ1) is 13.1. The molecular weight excluding hydrogens is 374 g/mol. The number of aromatic nitrogens is 2. The van der Waals surface area contributed by atoms with Crippen LogP contribution >= 0.6 is 0 Å². The fourth-order valence-electron chi connectivity index (χ4n) is 2.78. The molecule has 3 N–H and O–H groups in total. The zero-order chi connectivity index (χ0) is 20.9. The van der Waals surface area contributed by atoms with Crippen molar-refractivity contribution >= 4 is 5.82 Å². The molecule has 28 heavy (non-hydrogen) atoms. The molecule has 2 heterocycles. The van der Waals surface area contributed by atoms with Crippen molar-refractivity contribution in [1.82, 2.24) is 24.7 Å². The van der Waals surface area contributed by atoms with E-state index < -0.39 is 30.0 Å². The van der Waals surface area contributed by atoms with Crippen LogP contribution in [-0.2, 0) is 4.74 Å². The molecule has 160 valence electrons. The van der Waals surface area contributed by atoms with Gasteiger partial charge in [-0.25, -0.2) is 4.79 Å². The van der Waals surface area contributed by atoms with Gasteiger partial charge in [-0.1, -0.05) is 0 Å². The topological polar surface area (TPSA) is 94.9 Å². The number of nitrogens with zero attached hydrogens (tertiary/aromatic N) is 4. The van der Waals surface area contributed by atoms with Crippen LogP contribution in [0, 0.1) is 0 Å². The monoisotopic (exact) mass is 404 g/mol. The van der Waals surface area contributed by atoms with Gasteiger partial charge >= 0.3 is 11.6 Å². The first-order valence-corrected chi connectivity index (χ1v) is 9.17. The normalized spacial score (nSPS) is 24.2. The molecule has 2 rings (SSSR count).